The van der Waals surface area contributed by atoms with E-state index in [1.165, 1.54) is 0 Å². The number of carbonyl (C=O) groups excluding carboxylic acids is 2. The lowest BCUT2D eigenvalue weighted by Gasteiger charge is -2.08. The van der Waals surface area contributed by atoms with Gasteiger partial charge in [-0.3, -0.25) is 9.59 Å². The maximum atomic E-state index is 12.2. The Morgan fingerprint density at radius 2 is 1.87 bits per heavy atom. The topological polar surface area (TPSA) is 84.2 Å². The van der Waals surface area contributed by atoms with E-state index in [9.17, 15) is 9.59 Å². The molecule has 1 aliphatic rings. The quantitative estimate of drug-likeness (QED) is 0.900. The average Bonchev–Trinajstić information content (AvgIpc) is 3.20. The van der Waals surface area contributed by atoms with Crippen molar-refractivity contribution < 1.29 is 14.1 Å². The van der Waals surface area contributed by atoms with Crippen molar-refractivity contribution in [2.24, 2.45) is 11.8 Å². The third-order valence-electron chi connectivity index (χ3n) is 3.79. The monoisotopic (exact) mass is 333 g/mol. The van der Waals surface area contributed by atoms with Crippen LogP contribution in [-0.2, 0) is 9.59 Å². The van der Waals surface area contributed by atoms with Gasteiger partial charge in [0.25, 0.3) is 0 Å². The minimum Gasteiger partial charge on any atom is -0.360 e. The van der Waals surface area contributed by atoms with Crippen molar-refractivity contribution in [3.8, 4) is 0 Å². The number of anilines is 2. The Bertz CT molecular complexity index is 772. The van der Waals surface area contributed by atoms with Crippen LogP contribution in [0.4, 0.5) is 11.5 Å². The van der Waals surface area contributed by atoms with E-state index < -0.39 is 0 Å². The normalized spacial score (nSPS) is 19.3. The van der Waals surface area contributed by atoms with Crippen LogP contribution in [0.15, 0.2) is 28.8 Å². The molecule has 0 bridgehead atoms. The number of rotatable bonds is 4. The van der Waals surface area contributed by atoms with Gasteiger partial charge in [0.05, 0.1) is 11.8 Å². The third-order valence-corrected chi connectivity index (χ3v) is 4.02. The van der Waals surface area contributed by atoms with Crippen molar-refractivity contribution in [2.75, 3.05) is 10.6 Å². The highest BCUT2D eigenvalue weighted by Crippen LogP contribution is 2.40. The highest BCUT2D eigenvalue weighted by Gasteiger charge is 2.48. The molecule has 1 aromatic carbocycles. The van der Waals surface area contributed by atoms with Crippen molar-refractivity contribution in [1.82, 2.24) is 5.16 Å². The van der Waals surface area contributed by atoms with Gasteiger partial charge < -0.3 is 15.2 Å². The summed E-state index contributed by atoms with van der Waals surface area (Å²) >= 11 is 5.89. The summed E-state index contributed by atoms with van der Waals surface area (Å²) in [5.41, 5.74) is 1.59. The molecule has 3 rings (SSSR count). The predicted octanol–water partition coefficient (Wildman–Crippen LogP) is 3.16. The van der Waals surface area contributed by atoms with Gasteiger partial charge in [0.2, 0.25) is 11.8 Å². The Morgan fingerprint density at radius 3 is 2.48 bits per heavy atom. The number of amides is 2. The van der Waals surface area contributed by atoms with Crippen molar-refractivity contribution in [1.29, 1.82) is 0 Å². The molecule has 7 heteroatoms. The smallest absolute Gasteiger partial charge is 0.229 e. The Balaban J connectivity index is 1.57. The third kappa shape index (κ3) is 3.53. The van der Waals surface area contributed by atoms with Gasteiger partial charge in [-0.25, -0.2) is 0 Å². The number of aromatic nitrogens is 1. The first-order chi connectivity index (χ1) is 10.9. The predicted molar refractivity (Wildman–Crippen MR) is 86.3 cm³/mol. The Hall–Kier alpha value is -2.34. The molecule has 0 saturated heterocycles. The molecule has 120 valence electrons. The fourth-order valence-electron chi connectivity index (χ4n) is 2.41. The average molecular weight is 334 g/mol. The highest BCUT2D eigenvalue weighted by atomic mass is 35.5. The molecule has 1 fully saturated rings. The molecule has 2 unspecified atom stereocenters. The van der Waals surface area contributed by atoms with Gasteiger partial charge in [-0.15, -0.1) is 0 Å². The van der Waals surface area contributed by atoms with E-state index in [0.717, 1.165) is 5.56 Å². The van der Waals surface area contributed by atoms with E-state index in [1.54, 1.807) is 31.2 Å². The first kappa shape index (κ1) is 15.6. The van der Waals surface area contributed by atoms with Crippen molar-refractivity contribution >= 4 is 34.9 Å². The number of hydrogen-bond donors (Lipinski definition) is 2. The van der Waals surface area contributed by atoms with Gasteiger partial charge >= 0.3 is 0 Å². The lowest BCUT2D eigenvalue weighted by Crippen LogP contribution is -2.21. The fraction of sp³-hybridized carbons (Fsp3) is 0.312. The summed E-state index contributed by atoms with van der Waals surface area (Å²) in [7, 11) is 0. The molecule has 0 radical (unpaired) electrons. The molecule has 1 aliphatic carbocycles. The van der Waals surface area contributed by atoms with Crippen LogP contribution in [0.1, 0.15) is 17.7 Å². The molecule has 23 heavy (non-hydrogen) atoms. The summed E-state index contributed by atoms with van der Waals surface area (Å²) in [6.07, 6.45) is 0.529. The van der Waals surface area contributed by atoms with Crippen LogP contribution in [0.2, 0.25) is 5.02 Å². The van der Waals surface area contributed by atoms with E-state index in [-0.39, 0.29) is 23.7 Å². The molecule has 1 aromatic heterocycles. The summed E-state index contributed by atoms with van der Waals surface area (Å²) in [4.78, 5) is 24.3. The van der Waals surface area contributed by atoms with Crippen LogP contribution < -0.4 is 10.6 Å². The maximum Gasteiger partial charge on any atom is 0.229 e. The molecule has 2 atom stereocenters. The Morgan fingerprint density at radius 1 is 1.17 bits per heavy atom. The van der Waals surface area contributed by atoms with Crippen LogP contribution in [0.5, 0.6) is 0 Å². The first-order valence-corrected chi connectivity index (χ1v) is 7.63. The summed E-state index contributed by atoms with van der Waals surface area (Å²) in [6.45, 7) is 3.61. The second-order valence-corrected chi connectivity index (χ2v) is 6.15. The van der Waals surface area contributed by atoms with Crippen LogP contribution in [0.25, 0.3) is 0 Å². The van der Waals surface area contributed by atoms with E-state index in [4.69, 9.17) is 16.1 Å². The first-order valence-electron chi connectivity index (χ1n) is 7.25. The highest BCUT2D eigenvalue weighted by molar-refractivity contribution is 6.30. The fourth-order valence-corrected chi connectivity index (χ4v) is 2.64. The van der Waals surface area contributed by atoms with Gasteiger partial charge in [0, 0.05) is 16.8 Å². The Labute approximate surface area is 138 Å². The molecular weight excluding hydrogens is 318 g/mol. The molecule has 0 spiro atoms. The van der Waals surface area contributed by atoms with Gasteiger partial charge in [-0.1, -0.05) is 16.8 Å². The van der Waals surface area contributed by atoms with Crippen LogP contribution in [0.3, 0.4) is 0 Å². The van der Waals surface area contributed by atoms with Gasteiger partial charge in [-0.05, 0) is 44.0 Å². The number of nitrogens with zero attached hydrogens (tertiary/aromatic N) is 1. The lowest BCUT2D eigenvalue weighted by molar-refractivity contribution is -0.122. The zero-order valence-electron chi connectivity index (χ0n) is 12.7. The van der Waals surface area contributed by atoms with E-state index >= 15 is 0 Å². The lowest BCUT2D eigenvalue weighted by atomic mass is 10.2. The number of halogens is 1. The second kappa shape index (κ2) is 6.04. The number of carbonyl (C=O) groups is 2. The molecule has 2 amide bonds. The van der Waals surface area contributed by atoms with Crippen molar-refractivity contribution in [3.05, 3.63) is 40.6 Å². The Kier molecular flexibility index (Phi) is 4.09. The molecule has 1 saturated carbocycles. The number of aryl methyl sites for hydroxylation is 2. The maximum absolute atomic E-state index is 12.2. The van der Waals surface area contributed by atoms with Gasteiger partial charge in [0.1, 0.15) is 5.76 Å². The molecule has 2 N–H and O–H groups in total. The zero-order chi connectivity index (χ0) is 16.6. The summed E-state index contributed by atoms with van der Waals surface area (Å²) in [6, 6.07) is 6.88. The zero-order valence-corrected chi connectivity index (χ0v) is 13.5. The van der Waals surface area contributed by atoms with Crippen LogP contribution >= 0.6 is 11.6 Å². The summed E-state index contributed by atoms with van der Waals surface area (Å²) in [5, 5.41) is 9.81. The van der Waals surface area contributed by atoms with Crippen molar-refractivity contribution in [2.45, 2.75) is 20.3 Å². The van der Waals surface area contributed by atoms with Crippen LogP contribution in [0, 0.1) is 25.7 Å². The molecular formula is C16H16ClN3O3. The van der Waals surface area contributed by atoms with Crippen molar-refractivity contribution in [3.63, 3.8) is 0 Å². The molecule has 2 aromatic rings. The van der Waals surface area contributed by atoms with E-state index in [1.807, 2.05) is 6.92 Å². The van der Waals surface area contributed by atoms with Crippen LogP contribution in [-0.4, -0.2) is 17.0 Å². The standard InChI is InChI=1S/C16H16ClN3O3/c1-8-5-10(17)3-4-13(8)18-15(21)11-7-12(11)16(22)19-14-6-9(2)23-20-14/h3-6,11-12H,7H2,1-2H3,(H,18,21)(H,19,20,22). The number of nitrogens with one attached hydrogen (secondary N) is 2. The minimum atomic E-state index is -0.334. The molecule has 0 aliphatic heterocycles. The van der Waals surface area contributed by atoms with E-state index in [2.05, 4.69) is 15.8 Å². The largest absolute Gasteiger partial charge is 0.360 e. The van der Waals surface area contributed by atoms with Gasteiger partial charge in [0.15, 0.2) is 5.82 Å². The summed E-state index contributed by atoms with van der Waals surface area (Å²) in [5.74, 6) is -0.0495. The SMILES string of the molecule is Cc1cc(NC(=O)C2CC2C(=O)Nc2ccc(Cl)cc2C)no1. The number of hydrogen-bond acceptors (Lipinski definition) is 4. The van der Waals surface area contributed by atoms with Gasteiger partial charge in [-0.2, -0.15) is 0 Å². The minimum absolute atomic E-state index is 0.160. The molecule has 6 nitrogen and oxygen atoms in total. The van der Waals surface area contributed by atoms with E-state index in [0.29, 0.717) is 28.7 Å². The molecule has 1 heterocycles. The second-order valence-electron chi connectivity index (χ2n) is 5.71. The summed E-state index contributed by atoms with van der Waals surface area (Å²) < 4.78 is 4.89. The number of benzene rings is 1.